The third-order valence-corrected chi connectivity index (χ3v) is 4.48. The number of phenols is 1. The Labute approximate surface area is 149 Å². The number of benzene rings is 2. The lowest BCUT2D eigenvalue weighted by Crippen LogP contribution is -2.24. The summed E-state index contributed by atoms with van der Waals surface area (Å²) in [6.07, 6.45) is 0. The van der Waals surface area contributed by atoms with Crippen molar-refractivity contribution in [2.24, 2.45) is 0 Å². The predicted octanol–water partition coefficient (Wildman–Crippen LogP) is 4.61. The van der Waals surface area contributed by atoms with Crippen molar-refractivity contribution >= 4 is 34.1 Å². The Kier molecular flexibility index (Phi) is 4.52. The van der Waals surface area contributed by atoms with Crippen LogP contribution >= 0.6 is 23.2 Å². The fourth-order valence-electron chi connectivity index (χ4n) is 2.63. The summed E-state index contributed by atoms with van der Waals surface area (Å²) >= 11 is 12.1. The molecule has 0 aliphatic carbocycles. The number of nitrogens with zero attached hydrogens (tertiary/aromatic N) is 2. The largest absolute Gasteiger partial charge is 0.508 e. The van der Waals surface area contributed by atoms with E-state index in [9.17, 15) is 9.90 Å². The van der Waals surface area contributed by atoms with Gasteiger partial charge in [0.05, 0.1) is 16.6 Å². The van der Waals surface area contributed by atoms with Gasteiger partial charge in [-0.25, -0.2) is 4.98 Å². The highest BCUT2D eigenvalue weighted by atomic mass is 35.5. The molecule has 0 bridgehead atoms. The minimum atomic E-state index is -0.188. The smallest absolute Gasteiger partial charge is 0.265 e. The molecule has 0 aliphatic heterocycles. The third-order valence-electron chi connectivity index (χ3n) is 3.83. The number of aromatic nitrogens is 2. The van der Waals surface area contributed by atoms with Crippen LogP contribution in [0.5, 0.6) is 5.75 Å². The first kappa shape index (κ1) is 16.8. The standard InChI is InChI=1S/C18H16Cl2N2O2/c1-10(2)17-21-16-8-13(23)4-5-14(16)18(24)22(17)12-3-6-15(20)11(7-12)9-19/h3-8,10,23H,9H2,1-2H3. The number of alkyl halides is 1. The van der Waals surface area contributed by atoms with E-state index in [-0.39, 0.29) is 23.1 Å². The quantitative estimate of drug-likeness (QED) is 0.692. The molecule has 4 nitrogen and oxygen atoms in total. The average molecular weight is 363 g/mol. The molecule has 2 aromatic carbocycles. The molecule has 1 heterocycles. The second-order valence-corrected chi connectivity index (χ2v) is 6.55. The van der Waals surface area contributed by atoms with E-state index in [2.05, 4.69) is 4.98 Å². The highest BCUT2D eigenvalue weighted by Gasteiger charge is 2.16. The van der Waals surface area contributed by atoms with Crippen molar-refractivity contribution in [3.8, 4) is 11.4 Å². The van der Waals surface area contributed by atoms with Crippen LogP contribution in [0.25, 0.3) is 16.6 Å². The molecular weight excluding hydrogens is 347 g/mol. The molecule has 0 fully saturated rings. The Hall–Kier alpha value is -2.04. The number of phenolic OH excluding ortho intramolecular Hbond substituents is 1. The van der Waals surface area contributed by atoms with E-state index in [1.54, 1.807) is 28.8 Å². The molecule has 0 saturated carbocycles. The average Bonchev–Trinajstić information content (AvgIpc) is 2.55. The Morgan fingerprint density at radius 3 is 2.62 bits per heavy atom. The fraction of sp³-hybridized carbons (Fsp3) is 0.222. The number of hydrogen-bond donors (Lipinski definition) is 1. The number of fused-ring (bicyclic) bond motifs is 1. The van der Waals surface area contributed by atoms with Gasteiger partial charge in [-0.05, 0) is 35.9 Å². The Morgan fingerprint density at radius 2 is 1.96 bits per heavy atom. The molecule has 3 rings (SSSR count). The van der Waals surface area contributed by atoms with Crippen LogP contribution in [0.2, 0.25) is 5.02 Å². The second-order valence-electron chi connectivity index (χ2n) is 5.88. The van der Waals surface area contributed by atoms with Gasteiger partial charge < -0.3 is 5.11 Å². The summed E-state index contributed by atoms with van der Waals surface area (Å²) in [6, 6.07) is 9.87. The molecule has 124 valence electrons. The zero-order chi connectivity index (χ0) is 17.4. The normalized spacial score (nSPS) is 11.4. The number of aromatic hydroxyl groups is 1. The molecule has 0 amide bonds. The molecule has 0 atom stereocenters. The molecule has 3 aromatic rings. The molecule has 0 unspecified atom stereocenters. The first-order valence-electron chi connectivity index (χ1n) is 7.53. The zero-order valence-electron chi connectivity index (χ0n) is 13.3. The van der Waals surface area contributed by atoms with Crippen LogP contribution < -0.4 is 5.56 Å². The Balaban J connectivity index is 2.38. The molecular formula is C18H16Cl2N2O2. The van der Waals surface area contributed by atoms with Crippen LogP contribution in [0.4, 0.5) is 0 Å². The van der Waals surface area contributed by atoms with Crippen molar-refractivity contribution < 1.29 is 5.11 Å². The van der Waals surface area contributed by atoms with Gasteiger partial charge in [-0.15, -0.1) is 11.6 Å². The van der Waals surface area contributed by atoms with Crippen LogP contribution in [-0.4, -0.2) is 14.7 Å². The van der Waals surface area contributed by atoms with Crippen molar-refractivity contribution in [1.82, 2.24) is 9.55 Å². The molecule has 0 spiro atoms. The van der Waals surface area contributed by atoms with Crippen molar-refractivity contribution in [3.63, 3.8) is 0 Å². The van der Waals surface area contributed by atoms with E-state index in [0.29, 0.717) is 27.4 Å². The summed E-state index contributed by atoms with van der Waals surface area (Å²) in [5, 5.41) is 10.7. The second kappa shape index (κ2) is 6.46. The van der Waals surface area contributed by atoms with Crippen molar-refractivity contribution in [3.05, 3.63) is 63.2 Å². The molecule has 1 N–H and O–H groups in total. The SMILES string of the molecule is CC(C)c1nc2cc(O)ccc2c(=O)n1-c1ccc(Cl)c(CCl)c1. The molecule has 0 aliphatic rings. The summed E-state index contributed by atoms with van der Waals surface area (Å²) in [7, 11) is 0. The third kappa shape index (κ3) is 2.87. The monoisotopic (exact) mass is 362 g/mol. The van der Waals surface area contributed by atoms with Crippen LogP contribution in [0.3, 0.4) is 0 Å². The summed E-state index contributed by atoms with van der Waals surface area (Å²) < 4.78 is 1.58. The first-order valence-corrected chi connectivity index (χ1v) is 8.44. The van der Waals surface area contributed by atoms with Gasteiger partial charge in [0.25, 0.3) is 5.56 Å². The van der Waals surface area contributed by atoms with Gasteiger partial charge in [0, 0.05) is 22.9 Å². The maximum Gasteiger partial charge on any atom is 0.265 e. The van der Waals surface area contributed by atoms with Gasteiger partial charge in [0.1, 0.15) is 11.6 Å². The van der Waals surface area contributed by atoms with Gasteiger partial charge in [0.2, 0.25) is 0 Å². The Bertz CT molecular complexity index is 981. The van der Waals surface area contributed by atoms with Crippen LogP contribution in [0, 0.1) is 0 Å². The minimum absolute atomic E-state index is 0.0135. The first-order chi connectivity index (χ1) is 11.4. The maximum atomic E-state index is 13.0. The summed E-state index contributed by atoms with van der Waals surface area (Å²) in [4.78, 5) is 17.6. The zero-order valence-corrected chi connectivity index (χ0v) is 14.8. The molecule has 24 heavy (non-hydrogen) atoms. The van der Waals surface area contributed by atoms with Gasteiger partial charge in [0.15, 0.2) is 0 Å². The summed E-state index contributed by atoms with van der Waals surface area (Å²) in [5.41, 5.74) is 1.72. The highest BCUT2D eigenvalue weighted by Crippen LogP contribution is 2.25. The van der Waals surface area contributed by atoms with Crippen LogP contribution in [0.15, 0.2) is 41.2 Å². The van der Waals surface area contributed by atoms with Crippen molar-refractivity contribution in [2.75, 3.05) is 0 Å². The van der Waals surface area contributed by atoms with Crippen molar-refractivity contribution in [1.29, 1.82) is 0 Å². The minimum Gasteiger partial charge on any atom is -0.508 e. The lowest BCUT2D eigenvalue weighted by Gasteiger charge is -2.17. The summed E-state index contributed by atoms with van der Waals surface area (Å²) in [5.74, 6) is 0.964. The molecule has 1 aromatic heterocycles. The maximum absolute atomic E-state index is 13.0. The van der Waals surface area contributed by atoms with E-state index >= 15 is 0 Å². The van der Waals surface area contributed by atoms with Gasteiger partial charge in [-0.2, -0.15) is 0 Å². The van der Waals surface area contributed by atoms with Gasteiger partial charge in [-0.1, -0.05) is 25.4 Å². The van der Waals surface area contributed by atoms with E-state index in [0.717, 1.165) is 5.56 Å². The lowest BCUT2D eigenvalue weighted by molar-refractivity contribution is 0.476. The number of halogens is 2. The Morgan fingerprint density at radius 1 is 1.21 bits per heavy atom. The van der Waals surface area contributed by atoms with Crippen LogP contribution in [0.1, 0.15) is 31.2 Å². The van der Waals surface area contributed by atoms with E-state index in [1.165, 1.54) is 12.1 Å². The number of hydrogen-bond acceptors (Lipinski definition) is 3. The highest BCUT2D eigenvalue weighted by molar-refractivity contribution is 6.32. The van der Waals surface area contributed by atoms with E-state index < -0.39 is 0 Å². The fourth-order valence-corrected chi connectivity index (χ4v) is 3.10. The molecule has 6 heteroatoms. The molecule has 0 radical (unpaired) electrons. The number of rotatable bonds is 3. The predicted molar refractivity (Wildman–Crippen MR) is 97.7 cm³/mol. The molecule has 0 saturated heterocycles. The lowest BCUT2D eigenvalue weighted by atomic mass is 10.1. The van der Waals surface area contributed by atoms with E-state index in [4.69, 9.17) is 23.2 Å². The van der Waals surface area contributed by atoms with Gasteiger partial charge in [-0.3, -0.25) is 9.36 Å². The topological polar surface area (TPSA) is 55.1 Å². The summed E-state index contributed by atoms with van der Waals surface area (Å²) in [6.45, 7) is 3.93. The van der Waals surface area contributed by atoms with Crippen LogP contribution in [-0.2, 0) is 5.88 Å². The van der Waals surface area contributed by atoms with Crippen molar-refractivity contribution in [2.45, 2.75) is 25.6 Å². The van der Waals surface area contributed by atoms with Gasteiger partial charge >= 0.3 is 0 Å². The van der Waals surface area contributed by atoms with E-state index in [1.807, 2.05) is 13.8 Å².